The third-order valence-electron chi connectivity index (χ3n) is 3.62. The minimum Gasteiger partial charge on any atom is -0.369 e. The van der Waals surface area contributed by atoms with Gasteiger partial charge in [0, 0.05) is 37.1 Å². The summed E-state index contributed by atoms with van der Waals surface area (Å²) in [4.78, 5) is 2.26. The lowest BCUT2D eigenvalue weighted by Gasteiger charge is -2.18. The maximum atomic E-state index is 12.9. The summed E-state index contributed by atoms with van der Waals surface area (Å²) in [7, 11) is 0. The standard InChI is InChI=1S/C14H17FN4/c15-12-1-3-13(4-2-12)18-6-5-14(10-18)19-9-11(7-16)8-17-19/h1-4,8-9,14H,5-7,10,16H2/t14-/m0/s1. The van der Waals surface area contributed by atoms with Crippen molar-refractivity contribution in [3.63, 3.8) is 0 Å². The lowest BCUT2D eigenvalue weighted by Crippen LogP contribution is -2.21. The first kappa shape index (κ1) is 12.2. The molecule has 100 valence electrons. The molecule has 0 amide bonds. The van der Waals surface area contributed by atoms with Gasteiger partial charge < -0.3 is 10.6 Å². The van der Waals surface area contributed by atoms with Crippen LogP contribution in [0.1, 0.15) is 18.0 Å². The van der Waals surface area contributed by atoms with Gasteiger partial charge in [-0.25, -0.2) is 4.39 Å². The van der Waals surface area contributed by atoms with Gasteiger partial charge in [0.2, 0.25) is 0 Å². The average molecular weight is 260 g/mol. The first-order valence-corrected chi connectivity index (χ1v) is 6.50. The van der Waals surface area contributed by atoms with Crippen molar-refractivity contribution in [1.82, 2.24) is 9.78 Å². The monoisotopic (exact) mass is 260 g/mol. The van der Waals surface area contributed by atoms with Crippen molar-refractivity contribution in [2.24, 2.45) is 5.73 Å². The normalized spacial score (nSPS) is 19.1. The number of hydrogen-bond donors (Lipinski definition) is 1. The van der Waals surface area contributed by atoms with E-state index in [1.165, 1.54) is 12.1 Å². The minimum atomic E-state index is -0.195. The highest BCUT2D eigenvalue weighted by Gasteiger charge is 2.24. The van der Waals surface area contributed by atoms with E-state index in [1.807, 2.05) is 29.2 Å². The number of nitrogens with two attached hydrogens (primary N) is 1. The summed E-state index contributed by atoms with van der Waals surface area (Å²) in [5.41, 5.74) is 7.72. The van der Waals surface area contributed by atoms with E-state index in [1.54, 1.807) is 0 Å². The van der Waals surface area contributed by atoms with Crippen LogP contribution in [0.15, 0.2) is 36.7 Å². The van der Waals surface area contributed by atoms with Crippen LogP contribution in [0.4, 0.5) is 10.1 Å². The second-order valence-electron chi connectivity index (χ2n) is 4.90. The molecule has 0 spiro atoms. The molecule has 2 aromatic rings. The highest BCUT2D eigenvalue weighted by Crippen LogP contribution is 2.26. The topological polar surface area (TPSA) is 47.1 Å². The van der Waals surface area contributed by atoms with Gasteiger partial charge in [-0.15, -0.1) is 0 Å². The molecule has 1 aromatic heterocycles. The largest absolute Gasteiger partial charge is 0.369 e. The van der Waals surface area contributed by atoms with Crippen LogP contribution in [-0.4, -0.2) is 22.9 Å². The van der Waals surface area contributed by atoms with E-state index in [0.717, 1.165) is 30.8 Å². The molecule has 19 heavy (non-hydrogen) atoms. The Balaban J connectivity index is 1.71. The number of benzene rings is 1. The summed E-state index contributed by atoms with van der Waals surface area (Å²) in [6, 6.07) is 7.02. The molecule has 2 heterocycles. The van der Waals surface area contributed by atoms with Crippen molar-refractivity contribution < 1.29 is 4.39 Å². The zero-order valence-electron chi connectivity index (χ0n) is 10.7. The molecule has 0 bridgehead atoms. The van der Waals surface area contributed by atoms with Crippen LogP contribution in [0.25, 0.3) is 0 Å². The molecule has 2 N–H and O–H groups in total. The van der Waals surface area contributed by atoms with Gasteiger partial charge in [0.05, 0.1) is 12.2 Å². The molecule has 1 aliphatic heterocycles. The van der Waals surface area contributed by atoms with Crippen LogP contribution < -0.4 is 10.6 Å². The predicted molar refractivity (Wildman–Crippen MR) is 72.4 cm³/mol. The summed E-state index contributed by atoms with van der Waals surface area (Å²) in [6.45, 7) is 2.39. The Bertz CT molecular complexity index is 549. The molecule has 1 fully saturated rings. The van der Waals surface area contributed by atoms with Crippen molar-refractivity contribution in [2.45, 2.75) is 19.0 Å². The second kappa shape index (κ2) is 5.01. The number of halogens is 1. The van der Waals surface area contributed by atoms with Gasteiger partial charge in [0.1, 0.15) is 5.82 Å². The summed E-state index contributed by atoms with van der Waals surface area (Å²) in [5.74, 6) is -0.195. The third-order valence-corrected chi connectivity index (χ3v) is 3.62. The summed E-state index contributed by atoms with van der Waals surface area (Å²) in [6.07, 6.45) is 4.88. The molecule has 1 saturated heterocycles. The first-order valence-electron chi connectivity index (χ1n) is 6.50. The molecular formula is C14H17FN4. The average Bonchev–Trinajstić information content (AvgIpc) is 3.08. The van der Waals surface area contributed by atoms with Gasteiger partial charge in [0.25, 0.3) is 0 Å². The van der Waals surface area contributed by atoms with E-state index in [9.17, 15) is 4.39 Å². The first-order chi connectivity index (χ1) is 9.26. The second-order valence-corrected chi connectivity index (χ2v) is 4.90. The zero-order valence-corrected chi connectivity index (χ0v) is 10.7. The minimum absolute atomic E-state index is 0.195. The van der Waals surface area contributed by atoms with Crippen LogP contribution in [0.2, 0.25) is 0 Å². The van der Waals surface area contributed by atoms with E-state index in [0.29, 0.717) is 12.6 Å². The Morgan fingerprint density at radius 3 is 2.79 bits per heavy atom. The van der Waals surface area contributed by atoms with Gasteiger partial charge in [-0.3, -0.25) is 4.68 Å². The Hall–Kier alpha value is -1.88. The Labute approximate surface area is 111 Å². The molecule has 0 unspecified atom stereocenters. The number of anilines is 1. The number of hydrogen-bond acceptors (Lipinski definition) is 3. The van der Waals surface area contributed by atoms with Crippen LogP contribution in [0.3, 0.4) is 0 Å². The number of rotatable bonds is 3. The van der Waals surface area contributed by atoms with Crippen LogP contribution in [0.5, 0.6) is 0 Å². The summed E-state index contributed by atoms with van der Waals surface area (Å²) in [5, 5.41) is 4.36. The Kier molecular flexibility index (Phi) is 3.21. The molecule has 0 aliphatic carbocycles. The molecule has 3 rings (SSSR count). The molecule has 0 saturated carbocycles. The highest BCUT2D eigenvalue weighted by molar-refractivity contribution is 5.47. The van der Waals surface area contributed by atoms with Crippen molar-refractivity contribution in [3.05, 3.63) is 48.0 Å². The van der Waals surface area contributed by atoms with E-state index in [-0.39, 0.29) is 5.82 Å². The Morgan fingerprint density at radius 2 is 2.11 bits per heavy atom. The molecule has 4 nitrogen and oxygen atoms in total. The molecule has 1 aliphatic rings. The van der Waals surface area contributed by atoms with E-state index in [4.69, 9.17) is 5.73 Å². The fraction of sp³-hybridized carbons (Fsp3) is 0.357. The van der Waals surface area contributed by atoms with E-state index >= 15 is 0 Å². The smallest absolute Gasteiger partial charge is 0.123 e. The molecule has 0 radical (unpaired) electrons. The van der Waals surface area contributed by atoms with Crippen molar-refractivity contribution in [1.29, 1.82) is 0 Å². The molecule has 5 heteroatoms. The molecule has 1 aromatic carbocycles. The maximum Gasteiger partial charge on any atom is 0.123 e. The lowest BCUT2D eigenvalue weighted by molar-refractivity contribution is 0.494. The van der Waals surface area contributed by atoms with Gasteiger partial charge in [0.15, 0.2) is 0 Å². The SMILES string of the molecule is NCc1cnn([C@H]2CCN(c3ccc(F)cc3)C2)c1. The molecular weight excluding hydrogens is 243 g/mol. The quantitative estimate of drug-likeness (QED) is 0.917. The summed E-state index contributed by atoms with van der Waals surface area (Å²) >= 11 is 0. The molecule has 1 atom stereocenters. The van der Waals surface area contributed by atoms with Crippen molar-refractivity contribution in [3.8, 4) is 0 Å². The van der Waals surface area contributed by atoms with E-state index in [2.05, 4.69) is 10.00 Å². The predicted octanol–water partition coefficient (Wildman–Crippen LogP) is 1.93. The van der Waals surface area contributed by atoms with E-state index < -0.39 is 0 Å². The van der Waals surface area contributed by atoms with Gasteiger partial charge in [-0.05, 0) is 30.7 Å². The van der Waals surface area contributed by atoms with Crippen LogP contribution in [-0.2, 0) is 6.54 Å². The van der Waals surface area contributed by atoms with Crippen molar-refractivity contribution in [2.75, 3.05) is 18.0 Å². The number of nitrogens with zero attached hydrogens (tertiary/aromatic N) is 3. The van der Waals surface area contributed by atoms with Crippen LogP contribution in [0, 0.1) is 5.82 Å². The van der Waals surface area contributed by atoms with Gasteiger partial charge >= 0.3 is 0 Å². The fourth-order valence-corrected chi connectivity index (χ4v) is 2.53. The fourth-order valence-electron chi connectivity index (χ4n) is 2.53. The highest BCUT2D eigenvalue weighted by atomic mass is 19.1. The van der Waals surface area contributed by atoms with Crippen molar-refractivity contribution >= 4 is 5.69 Å². The Morgan fingerprint density at radius 1 is 1.32 bits per heavy atom. The maximum absolute atomic E-state index is 12.9. The van der Waals surface area contributed by atoms with Gasteiger partial charge in [-0.1, -0.05) is 0 Å². The van der Waals surface area contributed by atoms with Crippen LogP contribution >= 0.6 is 0 Å². The van der Waals surface area contributed by atoms with Gasteiger partial charge in [-0.2, -0.15) is 5.10 Å². The lowest BCUT2D eigenvalue weighted by atomic mass is 10.2. The third kappa shape index (κ3) is 2.46. The zero-order chi connectivity index (χ0) is 13.2. The summed E-state index contributed by atoms with van der Waals surface area (Å²) < 4.78 is 14.9. The number of aromatic nitrogens is 2.